The monoisotopic (exact) mass is 380 g/mol. The van der Waals surface area contributed by atoms with Crippen LogP contribution in [0.5, 0.6) is 0 Å². The molecule has 0 N–H and O–H groups in total. The number of aryl methyl sites for hydroxylation is 2. The van der Waals surface area contributed by atoms with Crippen molar-refractivity contribution in [3.8, 4) is 0 Å². The van der Waals surface area contributed by atoms with Gasteiger partial charge >= 0.3 is 142 Å². The van der Waals surface area contributed by atoms with E-state index in [2.05, 4.69) is 41.2 Å². The maximum atomic E-state index is 4.11. The molecule has 2 nitrogen and oxygen atoms in total. The molecular formula is C18H25N2PSe. The summed E-state index contributed by atoms with van der Waals surface area (Å²) in [6.07, 6.45) is 14.3. The fourth-order valence-corrected chi connectivity index (χ4v) is 7.60. The Morgan fingerprint density at radius 3 is 1.77 bits per heavy atom. The molecule has 2 aromatic heterocycles. The Morgan fingerprint density at radius 2 is 1.32 bits per heavy atom. The van der Waals surface area contributed by atoms with Crippen LogP contribution in [0.25, 0.3) is 0 Å². The summed E-state index contributed by atoms with van der Waals surface area (Å²) in [5.41, 5.74) is 2.87. The number of nitrogens with zero attached hydrogens (tertiary/aromatic N) is 2. The second-order valence-electron chi connectivity index (χ2n) is 5.25. The minimum atomic E-state index is 0.155. The molecule has 4 heteroatoms. The molecule has 0 aromatic carbocycles. The molecule has 2 rings (SSSR count). The molecule has 0 aliphatic heterocycles. The molecule has 0 amide bonds. The van der Waals surface area contributed by atoms with E-state index in [9.17, 15) is 0 Å². The van der Waals surface area contributed by atoms with Crippen molar-refractivity contribution >= 4 is 22.9 Å². The van der Waals surface area contributed by atoms with Crippen molar-refractivity contribution in [1.29, 1.82) is 0 Å². The topological polar surface area (TPSA) is 25.8 Å². The maximum absolute atomic E-state index is 4.11. The SMILES string of the molecule is CC[Se]CCP(CCc1ccncc1)CCc1ccncc1. The Morgan fingerprint density at radius 1 is 0.818 bits per heavy atom. The van der Waals surface area contributed by atoms with Crippen molar-refractivity contribution < 1.29 is 0 Å². The quantitative estimate of drug-likeness (QED) is 0.349. The van der Waals surface area contributed by atoms with Crippen LogP contribution < -0.4 is 0 Å². The summed E-state index contributed by atoms with van der Waals surface area (Å²) in [4.78, 5) is 8.22. The van der Waals surface area contributed by atoms with Gasteiger partial charge < -0.3 is 0 Å². The second-order valence-corrected chi connectivity index (χ2v) is 10.9. The third-order valence-corrected chi connectivity index (χ3v) is 8.83. The molecule has 0 atom stereocenters. The molecule has 0 radical (unpaired) electrons. The van der Waals surface area contributed by atoms with Crippen molar-refractivity contribution in [2.24, 2.45) is 0 Å². The van der Waals surface area contributed by atoms with Crippen LogP contribution in [0, 0.1) is 0 Å². The Balaban J connectivity index is 1.82. The van der Waals surface area contributed by atoms with Crippen LogP contribution in [-0.2, 0) is 12.8 Å². The molecule has 118 valence electrons. The van der Waals surface area contributed by atoms with Gasteiger partial charge in [-0.3, -0.25) is 0 Å². The zero-order valence-electron chi connectivity index (χ0n) is 13.3. The van der Waals surface area contributed by atoms with E-state index in [1.165, 1.54) is 53.1 Å². The van der Waals surface area contributed by atoms with Gasteiger partial charge in [-0.15, -0.1) is 0 Å². The third-order valence-electron chi connectivity index (χ3n) is 3.69. The molecule has 2 heterocycles. The van der Waals surface area contributed by atoms with E-state index < -0.39 is 0 Å². The van der Waals surface area contributed by atoms with Crippen LogP contribution in [0.3, 0.4) is 0 Å². The van der Waals surface area contributed by atoms with E-state index in [0.29, 0.717) is 0 Å². The van der Waals surface area contributed by atoms with Crippen molar-refractivity contribution in [3.63, 3.8) is 0 Å². The number of pyridine rings is 2. The van der Waals surface area contributed by atoms with E-state index in [4.69, 9.17) is 0 Å². The number of hydrogen-bond donors (Lipinski definition) is 0. The first-order valence-electron chi connectivity index (χ1n) is 7.96. The summed E-state index contributed by atoms with van der Waals surface area (Å²) in [7, 11) is 0.155. The first-order valence-corrected chi connectivity index (χ1v) is 12.3. The van der Waals surface area contributed by atoms with Crippen LogP contribution in [0.1, 0.15) is 18.1 Å². The summed E-state index contributed by atoms with van der Waals surface area (Å²) in [6.45, 7) is 2.32. The van der Waals surface area contributed by atoms with E-state index in [1.807, 2.05) is 24.8 Å². The fraction of sp³-hybridized carbons (Fsp3) is 0.444. The van der Waals surface area contributed by atoms with Crippen LogP contribution in [0.2, 0.25) is 10.6 Å². The van der Waals surface area contributed by atoms with Gasteiger partial charge in [-0.1, -0.05) is 0 Å². The van der Waals surface area contributed by atoms with Crippen LogP contribution in [-0.4, -0.2) is 43.4 Å². The van der Waals surface area contributed by atoms with Gasteiger partial charge in [0.1, 0.15) is 0 Å². The van der Waals surface area contributed by atoms with Crippen LogP contribution in [0.15, 0.2) is 49.1 Å². The van der Waals surface area contributed by atoms with Gasteiger partial charge in [0.15, 0.2) is 0 Å². The Hall–Kier alpha value is -0.751. The molecule has 0 aliphatic rings. The Bertz CT molecular complexity index is 464. The molecule has 22 heavy (non-hydrogen) atoms. The first kappa shape index (κ1) is 17.6. The second kappa shape index (κ2) is 10.9. The van der Waals surface area contributed by atoms with Gasteiger partial charge in [0.2, 0.25) is 0 Å². The molecule has 0 saturated heterocycles. The van der Waals surface area contributed by atoms with E-state index >= 15 is 0 Å². The van der Waals surface area contributed by atoms with Crippen LogP contribution >= 0.6 is 7.92 Å². The van der Waals surface area contributed by atoms with Gasteiger partial charge in [0.05, 0.1) is 0 Å². The summed E-state index contributed by atoms with van der Waals surface area (Å²) in [5, 5.41) is 2.84. The molecule has 0 fully saturated rings. The van der Waals surface area contributed by atoms with Gasteiger partial charge in [0, 0.05) is 0 Å². The van der Waals surface area contributed by atoms with E-state index in [-0.39, 0.29) is 7.92 Å². The zero-order valence-corrected chi connectivity index (χ0v) is 15.9. The standard InChI is InChI=1S/C18H25N2PSe/c1-2-22-16-15-21(13-7-17-3-9-19-10-4-17)14-8-18-5-11-20-12-6-18/h3-6,9-12H,2,7-8,13-16H2,1H3. The summed E-state index contributed by atoms with van der Waals surface area (Å²) < 4.78 is 0. The van der Waals surface area contributed by atoms with E-state index in [1.54, 1.807) is 0 Å². The third kappa shape index (κ3) is 7.01. The average molecular weight is 379 g/mol. The van der Waals surface area contributed by atoms with Crippen molar-refractivity contribution in [2.75, 3.05) is 18.5 Å². The number of rotatable bonds is 10. The molecule has 2 aromatic rings. The van der Waals surface area contributed by atoms with Gasteiger partial charge in [-0.05, 0) is 0 Å². The average Bonchev–Trinajstić information content (AvgIpc) is 2.59. The number of aromatic nitrogens is 2. The first-order chi connectivity index (χ1) is 10.9. The van der Waals surface area contributed by atoms with Gasteiger partial charge in [-0.25, -0.2) is 0 Å². The molecule has 0 spiro atoms. The fourth-order valence-electron chi connectivity index (χ4n) is 2.35. The molecule has 0 bridgehead atoms. The minimum absolute atomic E-state index is 0.155. The molecule has 0 unspecified atom stereocenters. The van der Waals surface area contributed by atoms with E-state index in [0.717, 1.165) is 15.0 Å². The van der Waals surface area contributed by atoms with Gasteiger partial charge in [-0.2, -0.15) is 0 Å². The molecular weight excluding hydrogens is 354 g/mol. The van der Waals surface area contributed by atoms with Crippen molar-refractivity contribution in [2.45, 2.75) is 30.4 Å². The molecule has 0 saturated carbocycles. The Kier molecular flexibility index (Phi) is 8.71. The predicted molar refractivity (Wildman–Crippen MR) is 98.4 cm³/mol. The summed E-state index contributed by atoms with van der Waals surface area (Å²) in [6, 6.07) is 8.64. The Labute approximate surface area is 142 Å². The predicted octanol–water partition coefficient (Wildman–Crippen LogP) is 4.30. The number of hydrogen-bond acceptors (Lipinski definition) is 2. The van der Waals surface area contributed by atoms with Crippen molar-refractivity contribution in [3.05, 3.63) is 60.2 Å². The molecule has 0 aliphatic carbocycles. The normalized spacial score (nSPS) is 11.0. The summed E-state index contributed by atoms with van der Waals surface area (Å²) in [5.74, 6) is 0. The summed E-state index contributed by atoms with van der Waals surface area (Å²) >= 11 is 0.855. The van der Waals surface area contributed by atoms with Crippen LogP contribution in [0.4, 0.5) is 0 Å². The van der Waals surface area contributed by atoms with Crippen molar-refractivity contribution in [1.82, 2.24) is 9.97 Å². The van der Waals surface area contributed by atoms with Gasteiger partial charge in [0.25, 0.3) is 0 Å². The zero-order chi connectivity index (χ0) is 15.5.